The molecule has 1 aliphatic rings. The Morgan fingerprint density at radius 2 is 2.14 bits per heavy atom. The summed E-state index contributed by atoms with van der Waals surface area (Å²) < 4.78 is 28.7. The summed E-state index contributed by atoms with van der Waals surface area (Å²) in [6.45, 7) is 6.78. The Balaban J connectivity index is 1.86. The van der Waals surface area contributed by atoms with Crippen LogP contribution in [0.2, 0.25) is 0 Å². The first-order chi connectivity index (χ1) is 10.0. The van der Waals surface area contributed by atoms with Crippen molar-refractivity contribution in [1.29, 1.82) is 0 Å². The van der Waals surface area contributed by atoms with E-state index in [9.17, 15) is 8.42 Å². The zero-order valence-electron chi connectivity index (χ0n) is 12.5. The highest BCUT2D eigenvalue weighted by Gasteiger charge is 2.22. The molecular formula is C13H25N5O2S. The Bertz CT molecular complexity index is 535. The van der Waals surface area contributed by atoms with Crippen LogP contribution in [-0.4, -0.2) is 55.8 Å². The highest BCUT2D eigenvalue weighted by Crippen LogP contribution is 2.17. The van der Waals surface area contributed by atoms with Crippen LogP contribution in [0.25, 0.3) is 0 Å². The van der Waals surface area contributed by atoms with Gasteiger partial charge in [0.15, 0.2) is 0 Å². The normalized spacial score (nSPS) is 18.2. The summed E-state index contributed by atoms with van der Waals surface area (Å²) in [6.07, 6.45) is 4.98. The lowest BCUT2D eigenvalue weighted by Gasteiger charge is -2.30. The van der Waals surface area contributed by atoms with E-state index in [1.54, 1.807) is 4.68 Å². The molecule has 120 valence electrons. The highest BCUT2D eigenvalue weighted by molar-refractivity contribution is 7.89. The lowest BCUT2D eigenvalue weighted by atomic mass is 9.97. The third-order valence-electron chi connectivity index (χ3n) is 3.99. The molecule has 0 saturated carbocycles. The summed E-state index contributed by atoms with van der Waals surface area (Å²) in [4.78, 5) is 2.60. The minimum Gasteiger partial charge on any atom is -0.329 e. The van der Waals surface area contributed by atoms with Crippen LogP contribution in [0.15, 0.2) is 17.3 Å². The number of aromatic nitrogens is 2. The molecule has 21 heavy (non-hydrogen) atoms. The van der Waals surface area contributed by atoms with Gasteiger partial charge in [-0.1, -0.05) is 6.92 Å². The molecule has 1 aromatic rings. The Hall–Kier alpha value is -0.960. The number of nitrogens with two attached hydrogens (primary N) is 1. The van der Waals surface area contributed by atoms with Crippen LogP contribution in [0.5, 0.6) is 0 Å². The van der Waals surface area contributed by atoms with Crippen molar-refractivity contribution in [3.8, 4) is 0 Å². The largest absolute Gasteiger partial charge is 0.329 e. The van der Waals surface area contributed by atoms with E-state index in [2.05, 4.69) is 21.6 Å². The first-order valence-electron chi connectivity index (χ1n) is 7.49. The first-order valence-corrected chi connectivity index (χ1v) is 8.98. The second-order valence-electron chi connectivity index (χ2n) is 5.46. The topological polar surface area (TPSA) is 93.2 Å². The predicted octanol–water partition coefficient (Wildman–Crippen LogP) is -0.148. The molecular weight excluding hydrogens is 290 g/mol. The maximum atomic E-state index is 12.2. The Labute approximate surface area is 126 Å². The van der Waals surface area contributed by atoms with Gasteiger partial charge in [0, 0.05) is 19.3 Å². The van der Waals surface area contributed by atoms with E-state index >= 15 is 0 Å². The zero-order valence-corrected chi connectivity index (χ0v) is 13.3. The quantitative estimate of drug-likeness (QED) is 0.730. The van der Waals surface area contributed by atoms with Gasteiger partial charge in [-0.2, -0.15) is 5.10 Å². The average molecular weight is 315 g/mol. The van der Waals surface area contributed by atoms with E-state index in [0.29, 0.717) is 25.6 Å². The smallest absolute Gasteiger partial charge is 0.243 e. The molecule has 1 aromatic heterocycles. The molecule has 1 fully saturated rings. The van der Waals surface area contributed by atoms with E-state index < -0.39 is 10.0 Å². The van der Waals surface area contributed by atoms with Gasteiger partial charge in [-0.3, -0.25) is 4.68 Å². The van der Waals surface area contributed by atoms with Crippen molar-refractivity contribution in [2.24, 2.45) is 11.7 Å². The van der Waals surface area contributed by atoms with Crippen molar-refractivity contribution in [2.75, 3.05) is 32.7 Å². The van der Waals surface area contributed by atoms with Crippen LogP contribution in [0.3, 0.4) is 0 Å². The molecule has 1 aliphatic heterocycles. The summed E-state index contributed by atoms with van der Waals surface area (Å²) in [7, 11) is -3.46. The van der Waals surface area contributed by atoms with Gasteiger partial charge in [-0.25, -0.2) is 13.1 Å². The van der Waals surface area contributed by atoms with Gasteiger partial charge in [0.1, 0.15) is 4.90 Å². The molecule has 2 heterocycles. The van der Waals surface area contributed by atoms with E-state index in [-0.39, 0.29) is 4.90 Å². The zero-order chi connectivity index (χ0) is 15.3. The van der Waals surface area contributed by atoms with Crippen LogP contribution < -0.4 is 10.5 Å². The maximum absolute atomic E-state index is 12.2. The van der Waals surface area contributed by atoms with Gasteiger partial charge in [-0.15, -0.1) is 0 Å². The number of hydrogen-bond donors (Lipinski definition) is 2. The fourth-order valence-corrected chi connectivity index (χ4v) is 3.62. The number of piperidine rings is 1. The summed E-state index contributed by atoms with van der Waals surface area (Å²) >= 11 is 0. The monoisotopic (exact) mass is 315 g/mol. The lowest BCUT2D eigenvalue weighted by Crippen LogP contribution is -2.38. The lowest BCUT2D eigenvalue weighted by molar-refractivity contribution is 0.194. The predicted molar refractivity (Wildman–Crippen MR) is 81.3 cm³/mol. The van der Waals surface area contributed by atoms with Crippen molar-refractivity contribution in [3.05, 3.63) is 12.4 Å². The summed E-state index contributed by atoms with van der Waals surface area (Å²) in [5.41, 5.74) is 5.43. The molecule has 0 aromatic carbocycles. The van der Waals surface area contributed by atoms with Gasteiger partial charge in [0.05, 0.1) is 12.7 Å². The van der Waals surface area contributed by atoms with Gasteiger partial charge in [0.25, 0.3) is 0 Å². The Morgan fingerprint density at radius 1 is 1.43 bits per heavy atom. The van der Waals surface area contributed by atoms with Gasteiger partial charge in [-0.05, 0) is 38.4 Å². The van der Waals surface area contributed by atoms with Crippen molar-refractivity contribution < 1.29 is 8.42 Å². The van der Waals surface area contributed by atoms with E-state index in [4.69, 9.17) is 5.73 Å². The summed E-state index contributed by atoms with van der Waals surface area (Å²) in [5.74, 6) is 0.418. The molecule has 1 saturated heterocycles. The molecule has 8 heteroatoms. The number of hydrogen-bond acceptors (Lipinski definition) is 5. The molecule has 0 aliphatic carbocycles. The summed E-state index contributed by atoms with van der Waals surface area (Å²) in [6, 6.07) is 0. The van der Waals surface area contributed by atoms with Crippen LogP contribution in [0.1, 0.15) is 19.8 Å². The molecule has 0 spiro atoms. The van der Waals surface area contributed by atoms with Crippen molar-refractivity contribution in [1.82, 2.24) is 19.4 Å². The van der Waals surface area contributed by atoms with Crippen LogP contribution in [0, 0.1) is 5.92 Å². The molecule has 3 N–H and O–H groups in total. The van der Waals surface area contributed by atoms with Crippen molar-refractivity contribution >= 4 is 10.0 Å². The van der Waals surface area contributed by atoms with Gasteiger partial charge in [0.2, 0.25) is 10.0 Å². The van der Waals surface area contributed by atoms with E-state index in [1.807, 2.05) is 0 Å². The van der Waals surface area contributed by atoms with Crippen molar-refractivity contribution in [3.63, 3.8) is 0 Å². The van der Waals surface area contributed by atoms with Gasteiger partial charge < -0.3 is 10.6 Å². The number of rotatable bonds is 7. The van der Waals surface area contributed by atoms with Crippen molar-refractivity contribution in [2.45, 2.75) is 31.2 Å². The fourth-order valence-electron chi connectivity index (χ4n) is 2.56. The number of nitrogens with zero attached hydrogens (tertiary/aromatic N) is 3. The molecule has 0 amide bonds. The van der Waals surface area contributed by atoms with Crippen LogP contribution in [0.4, 0.5) is 0 Å². The van der Waals surface area contributed by atoms with E-state index in [1.165, 1.54) is 12.4 Å². The second-order valence-corrected chi connectivity index (χ2v) is 7.22. The molecule has 0 bridgehead atoms. The fraction of sp³-hybridized carbons (Fsp3) is 0.769. The minimum absolute atomic E-state index is 0.210. The van der Waals surface area contributed by atoms with E-state index in [0.717, 1.165) is 32.5 Å². The number of sulfonamides is 1. The van der Waals surface area contributed by atoms with Crippen LogP contribution in [-0.2, 0) is 16.6 Å². The molecule has 0 radical (unpaired) electrons. The molecule has 2 rings (SSSR count). The second kappa shape index (κ2) is 7.35. The first kappa shape index (κ1) is 16.4. The third-order valence-corrected chi connectivity index (χ3v) is 5.37. The molecule has 0 unspecified atom stereocenters. The maximum Gasteiger partial charge on any atom is 0.243 e. The Morgan fingerprint density at radius 3 is 2.76 bits per heavy atom. The minimum atomic E-state index is -3.46. The highest BCUT2D eigenvalue weighted by atomic mass is 32.2. The standard InChI is InChI=1S/C13H25N5O2S/c1-2-17-6-3-12(4-7-17)9-16-21(19,20)13-10-15-18(11-13)8-5-14/h10-12,16H,2-9,14H2,1H3. The molecule has 7 nitrogen and oxygen atoms in total. The SMILES string of the molecule is CCN1CCC(CNS(=O)(=O)c2cnn(CCN)c2)CC1. The Kier molecular flexibility index (Phi) is 5.74. The van der Waals surface area contributed by atoms with Crippen LogP contribution >= 0.6 is 0 Å². The summed E-state index contributed by atoms with van der Waals surface area (Å²) in [5, 5.41) is 4.00. The number of nitrogens with one attached hydrogen (secondary N) is 1. The average Bonchev–Trinajstić information content (AvgIpc) is 2.96. The third kappa shape index (κ3) is 4.50. The van der Waals surface area contributed by atoms with Gasteiger partial charge >= 0.3 is 0 Å². The number of likely N-dealkylation sites (tertiary alicyclic amines) is 1. The molecule has 0 atom stereocenters.